The third kappa shape index (κ3) is 1.59. The summed E-state index contributed by atoms with van der Waals surface area (Å²) < 4.78 is 0. The molecule has 2 aliphatic rings. The summed E-state index contributed by atoms with van der Waals surface area (Å²) in [4.78, 5) is 18.4. The van der Waals surface area contributed by atoms with Crippen LogP contribution in [0.5, 0.6) is 0 Å². The highest BCUT2D eigenvalue weighted by Crippen LogP contribution is 2.42. The van der Waals surface area contributed by atoms with Gasteiger partial charge in [-0.3, -0.25) is 9.69 Å². The van der Waals surface area contributed by atoms with E-state index in [1.54, 1.807) is 0 Å². The van der Waals surface area contributed by atoms with Gasteiger partial charge in [-0.1, -0.05) is 25.1 Å². The fraction of sp³-hybridized carbons (Fsp3) is 0.471. The Morgan fingerprint density at radius 3 is 2.90 bits per heavy atom. The number of aromatic nitrogens is 1. The molecule has 0 bridgehead atoms. The molecular formula is C17H20N2O. The van der Waals surface area contributed by atoms with Crippen LogP contribution in [0.4, 0.5) is 0 Å². The van der Waals surface area contributed by atoms with Crippen LogP contribution < -0.4 is 0 Å². The Morgan fingerprint density at radius 1 is 1.25 bits per heavy atom. The van der Waals surface area contributed by atoms with Crippen molar-refractivity contribution < 1.29 is 4.79 Å². The fourth-order valence-corrected chi connectivity index (χ4v) is 4.09. The first-order valence-corrected chi connectivity index (χ1v) is 7.66. The van der Waals surface area contributed by atoms with Gasteiger partial charge in [0.05, 0.1) is 6.04 Å². The Bertz CT molecular complexity index is 673. The fourth-order valence-electron chi connectivity index (χ4n) is 4.09. The zero-order chi connectivity index (χ0) is 13.7. The van der Waals surface area contributed by atoms with E-state index in [1.165, 1.54) is 22.2 Å². The second kappa shape index (κ2) is 4.45. The second-order valence-corrected chi connectivity index (χ2v) is 6.02. The molecule has 1 aromatic heterocycles. The predicted molar refractivity (Wildman–Crippen MR) is 79.7 cm³/mol. The van der Waals surface area contributed by atoms with Crippen molar-refractivity contribution in [1.29, 1.82) is 0 Å². The maximum atomic E-state index is 12.3. The van der Waals surface area contributed by atoms with Gasteiger partial charge in [-0.05, 0) is 24.5 Å². The van der Waals surface area contributed by atoms with Crippen LogP contribution in [0.15, 0.2) is 24.3 Å². The number of piperidine rings is 1. The first kappa shape index (κ1) is 12.2. The van der Waals surface area contributed by atoms with Crippen molar-refractivity contribution >= 4 is 16.7 Å². The van der Waals surface area contributed by atoms with Gasteiger partial charge < -0.3 is 4.98 Å². The summed E-state index contributed by atoms with van der Waals surface area (Å²) >= 11 is 0. The van der Waals surface area contributed by atoms with E-state index in [-0.39, 0.29) is 12.0 Å². The van der Waals surface area contributed by atoms with E-state index in [2.05, 4.69) is 41.1 Å². The zero-order valence-corrected chi connectivity index (χ0v) is 11.9. The Balaban J connectivity index is 1.89. The van der Waals surface area contributed by atoms with Crippen LogP contribution in [0, 0.1) is 5.92 Å². The number of hydrogen-bond donors (Lipinski definition) is 1. The van der Waals surface area contributed by atoms with Gasteiger partial charge in [-0.2, -0.15) is 0 Å². The van der Waals surface area contributed by atoms with Crippen molar-refractivity contribution in [3.63, 3.8) is 0 Å². The molecule has 3 nitrogen and oxygen atoms in total. The number of nitrogens with zero attached hydrogens (tertiary/aromatic N) is 1. The molecular weight excluding hydrogens is 248 g/mol. The van der Waals surface area contributed by atoms with Crippen LogP contribution in [-0.2, 0) is 11.2 Å². The number of fused-ring (bicyclic) bond motifs is 5. The average Bonchev–Trinajstić information content (AvgIpc) is 2.86. The molecule has 0 amide bonds. The molecule has 3 heterocycles. The summed E-state index contributed by atoms with van der Waals surface area (Å²) in [5, 5.41) is 1.34. The Kier molecular flexibility index (Phi) is 2.71. The molecule has 2 aromatic rings. The number of nitrogens with one attached hydrogen (secondary N) is 1. The number of hydrogen-bond acceptors (Lipinski definition) is 2. The van der Waals surface area contributed by atoms with Crippen molar-refractivity contribution in [1.82, 2.24) is 9.88 Å². The lowest BCUT2D eigenvalue weighted by molar-refractivity contribution is -0.129. The van der Waals surface area contributed by atoms with Gasteiger partial charge in [0.2, 0.25) is 0 Å². The highest BCUT2D eigenvalue weighted by molar-refractivity contribution is 5.87. The van der Waals surface area contributed by atoms with Gasteiger partial charge in [0.1, 0.15) is 5.78 Å². The molecule has 1 aromatic carbocycles. The first-order valence-electron chi connectivity index (χ1n) is 7.66. The van der Waals surface area contributed by atoms with Crippen LogP contribution in [0.3, 0.4) is 0 Å². The molecule has 0 saturated carbocycles. The van der Waals surface area contributed by atoms with Crippen molar-refractivity contribution in [3.8, 4) is 0 Å². The Labute approximate surface area is 119 Å². The van der Waals surface area contributed by atoms with Crippen molar-refractivity contribution in [2.24, 2.45) is 5.92 Å². The van der Waals surface area contributed by atoms with E-state index >= 15 is 0 Å². The minimum Gasteiger partial charge on any atom is -0.357 e. The number of carbonyl (C=O) groups is 1. The number of H-pyrrole nitrogens is 1. The normalized spacial score (nSPS) is 26.6. The number of rotatable bonds is 1. The quantitative estimate of drug-likeness (QED) is 0.863. The van der Waals surface area contributed by atoms with Crippen LogP contribution >= 0.6 is 0 Å². The lowest BCUT2D eigenvalue weighted by atomic mass is 9.80. The smallest absolute Gasteiger partial charge is 0.139 e. The van der Waals surface area contributed by atoms with Gasteiger partial charge in [0.15, 0.2) is 0 Å². The first-order chi connectivity index (χ1) is 9.79. The minimum atomic E-state index is 0.163. The topological polar surface area (TPSA) is 36.1 Å². The monoisotopic (exact) mass is 268 g/mol. The molecule has 20 heavy (non-hydrogen) atoms. The molecule has 0 spiro atoms. The van der Waals surface area contributed by atoms with Gasteiger partial charge in [0.25, 0.3) is 0 Å². The SMILES string of the molecule is CC[C@@H]1C(=O)CCN2CCc3c([nH]c4ccccc34)[C@H]12. The number of ketones is 1. The number of carbonyl (C=O) groups excluding carboxylic acids is 1. The maximum absolute atomic E-state index is 12.3. The van der Waals surface area contributed by atoms with E-state index in [1.807, 2.05) is 0 Å². The summed E-state index contributed by atoms with van der Waals surface area (Å²) in [5.41, 5.74) is 3.96. The number of Topliss-reactive ketones (excluding diaryl/α,β-unsaturated/α-hetero) is 1. The second-order valence-electron chi connectivity index (χ2n) is 6.02. The standard InChI is InChI=1S/C17H20N2O/c1-2-11-15(20)8-10-19-9-7-13-12-5-3-4-6-14(12)18-16(13)17(11)19/h3-6,11,17-18H,2,7-10H2,1H3/t11-,17+/m1/s1. The van der Waals surface area contributed by atoms with Gasteiger partial charge in [-0.25, -0.2) is 0 Å². The largest absolute Gasteiger partial charge is 0.357 e. The summed E-state index contributed by atoms with van der Waals surface area (Å²) in [6, 6.07) is 8.80. The van der Waals surface area contributed by atoms with Crippen LogP contribution in [-0.4, -0.2) is 28.8 Å². The van der Waals surface area contributed by atoms with Crippen molar-refractivity contribution in [2.75, 3.05) is 13.1 Å². The van der Waals surface area contributed by atoms with Gasteiger partial charge >= 0.3 is 0 Å². The van der Waals surface area contributed by atoms with E-state index in [0.29, 0.717) is 5.78 Å². The predicted octanol–water partition coefficient (Wildman–Crippen LogP) is 3.07. The molecule has 104 valence electrons. The van der Waals surface area contributed by atoms with Crippen LogP contribution in [0.2, 0.25) is 0 Å². The van der Waals surface area contributed by atoms with Crippen LogP contribution in [0.25, 0.3) is 10.9 Å². The molecule has 0 aliphatic carbocycles. The molecule has 1 fully saturated rings. The van der Waals surface area contributed by atoms with Crippen LogP contribution in [0.1, 0.15) is 37.1 Å². The van der Waals surface area contributed by atoms with E-state index in [9.17, 15) is 4.79 Å². The Morgan fingerprint density at radius 2 is 2.05 bits per heavy atom. The summed E-state index contributed by atoms with van der Waals surface area (Å²) in [6.45, 7) is 4.15. The highest BCUT2D eigenvalue weighted by atomic mass is 16.1. The van der Waals surface area contributed by atoms with Gasteiger partial charge in [-0.15, -0.1) is 0 Å². The third-order valence-corrected chi connectivity index (χ3v) is 5.06. The summed E-state index contributed by atoms with van der Waals surface area (Å²) in [5.74, 6) is 0.608. The lowest BCUT2D eigenvalue weighted by Crippen LogP contribution is -2.46. The molecule has 2 aliphatic heterocycles. The number of aromatic amines is 1. The average molecular weight is 268 g/mol. The molecule has 0 unspecified atom stereocenters. The number of benzene rings is 1. The zero-order valence-electron chi connectivity index (χ0n) is 11.9. The third-order valence-electron chi connectivity index (χ3n) is 5.06. The Hall–Kier alpha value is -1.61. The molecule has 2 atom stereocenters. The molecule has 1 N–H and O–H groups in total. The minimum absolute atomic E-state index is 0.163. The summed E-state index contributed by atoms with van der Waals surface area (Å²) in [7, 11) is 0. The van der Waals surface area contributed by atoms with E-state index in [0.717, 1.165) is 32.4 Å². The number of para-hydroxylation sites is 1. The molecule has 4 rings (SSSR count). The molecule has 3 heteroatoms. The highest BCUT2D eigenvalue weighted by Gasteiger charge is 2.41. The van der Waals surface area contributed by atoms with E-state index in [4.69, 9.17) is 0 Å². The lowest BCUT2D eigenvalue weighted by Gasteiger charge is -2.43. The van der Waals surface area contributed by atoms with Gasteiger partial charge in [0, 0.05) is 42.0 Å². The summed E-state index contributed by atoms with van der Waals surface area (Å²) in [6.07, 6.45) is 2.76. The van der Waals surface area contributed by atoms with Crippen molar-refractivity contribution in [3.05, 3.63) is 35.5 Å². The molecule has 0 radical (unpaired) electrons. The molecule has 1 saturated heterocycles. The van der Waals surface area contributed by atoms with E-state index < -0.39 is 0 Å². The van der Waals surface area contributed by atoms with Crippen molar-refractivity contribution in [2.45, 2.75) is 32.2 Å². The maximum Gasteiger partial charge on any atom is 0.139 e.